The molecule has 0 aliphatic heterocycles. The van der Waals surface area contributed by atoms with Gasteiger partial charge in [-0.1, -0.05) is 6.58 Å². The lowest BCUT2D eigenvalue weighted by molar-refractivity contribution is -0.137. The fraction of sp³-hybridized carbons (Fsp3) is 0.727. The van der Waals surface area contributed by atoms with Crippen molar-refractivity contribution in [3.05, 3.63) is 12.7 Å². The molecular weight excluding hydrogens is 240 g/mol. The van der Waals surface area contributed by atoms with Crippen molar-refractivity contribution < 1.29 is 22.8 Å². The maximum absolute atomic E-state index is 10.9. The summed E-state index contributed by atoms with van der Waals surface area (Å²) in [5.74, 6) is -0.447. The largest absolute Gasteiger partial charge is 0.504 e. The highest BCUT2D eigenvalue weighted by Crippen LogP contribution is 2.16. The van der Waals surface area contributed by atoms with Crippen molar-refractivity contribution in [1.82, 2.24) is 0 Å². The summed E-state index contributed by atoms with van der Waals surface area (Å²) in [6.07, 6.45) is 1.13. The smallest absolute Gasteiger partial charge is 0.463 e. The van der Waals surface area contributed by atoms with E-state index in [2.05, 4.69) is 6.58 Å². The van der Waals surface area contributed by atoms with Crippen LogP contribution in [-0.2, 0) is 22.8 Å². The third-order valence-electron chi connectivity index (χ3n) is 1.91. The molecule has 0 heterocycles. The van der Waals surface area contributed by atoms with Gasteiger partial charge < -0.3 is 18.0 Å². The van der Waals surface area contributed by atoms with E-state index < -0.39 is 14.8 Å². The SMILES string of the molecule is C=CC(=O)OCC[Si](OCC)(OCC)OCC. The van der Waals surface area contributed by atoms with Crippen LogP contribution >= 0.6 is 0 Å². The summed E-state index contributed by atoms with van der Waals surface area (Å²) >= 11 is 0. The van der Waals surface area contributed by atoms with Gasteiger partial charge in [-0.15, -0.1) is 0 Å². The first-order chi connectivity index (χ1) is 8.14. The van der Waals surface area contributed by atoms with Crippen molar-refractivity contribution in [2.45, 2.75) is 26.8 Å². The average molecular weight is 262 g/mol. The zero-order valence-electron chi connectivity index (χ0n) is 10.9. The minimum absolute atomic E-state index is 0.219. The second-order valence-corrected chi connectivity index (χ2v) is 5.84. The second-order valence-electron chi connectivity index (χ2n) is 3.10. The summed E-state index contributed by atoms with van der Waals surface area (Å²) in [7, 11) is -2.69. The van der Waals surface area contributed by atoms with Gasteiger partial charge in [0.2, 0.25) is 0 Å². The van der Waals surface area contributed by atoms with E-state index in [-0.39, 0.29) is 6.61 Å². The predicted octanol–water partition coefficient (Wildman–Crippen LogP) is 1.76. The van der Waals surface area contributed by atoms with Crippen molar-refractivity contribution in [3.8, 4) is 0 Å². The van der Waals surface area contributed by atoms with Crippen LogP contribution in [0.2, 0.25) is 6.04 Å². The highest BCUT2D eigenvalue weighted by atomic mass is 28.4. The molecule has 5 nitrogen and oxygen atoms in total. The lowest BCUT2D eigenvalue weighted by Gasteiger charge is -2.28. The quantitative estimate of drug-likeness (QED) is 0.341. The Kier molecular flexibility index (Phi) is 8.97. The van der Waals surface area contributed by atoms with Crippen LogP contribution in [0.1, 0.15) is 20.8 Å². The van der Waals surface area contributed by atoms with E-state index in [1.807, 2.05) is 20.8 Å². The molecule has 0 N–H and O–H groups in total. The Balaban J connectivity index is 4.32. The molecule has 0 saturated heterocycles. The zero-order chi connectivity index (χ0) is 13.1. The number of esters is 1. The van der Waals surface area contributed by atoms with Crippen molar-refractivity contribution >= 4 is 14.8 Å². The van der Waals surface area contributed by atoms with Crippen LogP contribution in [0.5, 0.6) is 0 Å². The van der Waals surface area contributed by atoms with Crippen molar-refractivity contribution in [2.24, 2.45) is 0 Å². The fourth-order valence-electron chi connectivity index (χ4n) is 1.34. The van der Waals surface area contributed by atoms with Gasteiger partial charge in [-0.25, -0.2) is 4.79 Å². The molecule has 17 heavy (non-hydrogen) atoms. The molecule has 100 valence electrons. The fourth-order valence-corrected chi connectivity index (χ4v) is 3.69. The number of carbonyl (C=O) groups is 1. The minimum Gasteiger partial charge on any atom is -0.463 e. The van der Waals surface area contributed by atoms with E-state index >= 15 is 0 Å². The van der Waals surface area contributed by atoms with Gasteiger partial charge in [-0.3, -0.25) is 0 Å². The zero-order valence-corrected chi connectivity index (χ0v) is 11.9. The van der Waals surface area contributed by atoms with Crippen LogP contribution < -0.4 is 0 Å². The monoisotopic (exact) mass is 262 g/mol. The van der Waals surface area contributed by atoms with Gasteiger partial charge >= 0.3 is 14.8 Å². The molecule has 0 spiro atoms. The van der Waals surface area contributed by atoms with Crippen molar-refractivity contribution in [1.29, 1.82) is 0 Å². The van der Waals surface area contributed by atoms with E-state index in [9.17, 15) is 4.79 Å². The highest BCUT2D eigenvalue weighted by molar-refractivity contribution is 6.60. The molecule has 0 aliphatic rings. The molecule has 0 aromatic heterocycles. The standard InChI is InChI=1S/C11H22O5Si/c1-5-11(12)13-9-10-17(14-6-2,15-7-3)16-8-4/h5H,1,6-10H2,2-4H3. The normalized spacial score (nSPS) is 11.2. The van der Waals surface area contributed by atoms with Crippen LogP contribution in [0, 0.1) is 0 Å². The molecular formula is C11H22O5Si. The van der Waals surface area contributed by atoms with E-state index in [4.69, 9.17) is 18.0 Å². The molecule has 6 heteroatoms. The molecule has 0 aromatic carbocycles. The Morgan fingerprint density at radius 2 is 1.59 bits per heavy atom. The molecule has 0 rings (SSSR count). The summed E-state index contributed by atoms with van der Waals surface area (Å²) in [6.45, 7) is 10.7. The number of hydrogen-bond acceptors (Lipinski definition) is 5. The first-order valence-electron chi connectivity index (χ1n) is 5.85. The molecule has 0 fully saturated rings. The number of ether oxygens (including phenoxy) is 1. The summed E-state index contributed by atoms with van der Waals surface area (Å²) in [6, 6.07) is 0.460. The molecule has 0 radical (unpaired) electrons. The Hall–Kier alpha value is -0.693. The molecule has 0 amide bonds. The Labute approximate surface area is 104 Å². The minimum atomic E-state index is -2.69. The third kappa shape index (κ3) is 6.57. The van der Waals surface area contributed by atoms with Crippen molar-refractivity contribution in [2.75, 3.05) is 26.4 Å². The van der Waals surface area contributed by atoms with Gasteiger partial charge in [-0.2, -0.15) is 0 Å². The van der Waals surface area contributed by atoms with E-state index in [0.717, 1.165) is 6.08 Å². The first kappa shape index (κ1) is 16.3. The van der Waals surface area contributed by atoms with Crippen molar-refractivity contribution in [3.63, 3.8) is 0 Å². The Morgan fingerprint density at radius 1 is 1.12 bits per heavy atom. The molecule has 0 saturated carbocycles. The van der Waals surface area contributed by atoms with Gasteiger partial charge in [-0.05, 0) is 20.8 Å². The Bertz CT molecular complexity index is 215. The predicted molar refractivity (Wildman–Crippen MR) is 66.6 cm³/mol. The summed E-state index contributed by atoms with van der Waals surface area (Å²) in [5, 5.41) is 0. The summed E-state index contributed by atoms with van der Waals surface area (Å²) in [5.41, 5.74) is 0. The van der Waals surface area contributed by atoms with Crippen LogP contribution in [0.4, 0.5) is 0 Å². The third-order valence-corrected chi connectivity index (χ3v) is 4.91. The molecule has 0 atom stereocenters. The number of hydrogen-bond donors (Lipinski definition) is 0. The lowest BCUT2D eigenvalue weighted by Crippen LogP contribution is -2.47. The Morgan fingerprint density at radius 3 is 1.94 bits per heavy atom. The van der Waals surface area contributed by atoms with Crippen LogP contribution in [-0.4, -0.2) is 41.2 Å². The van der Waals surface area contributed by atoms with Gasteiger partial charge in [0.25, 0.3) is 0 Å². The average Bonchev–Trinajstić information content (AvgIpc) is 2.30. The number of carbonyl (C=O) groups excluding carboxylic acids is 1. The van der Waals surface area contributed by atoms with Crippen LogP contribution in [0.3, 0.4) is 0 Å². The second kappa shape index (κ2) is 9.35. The van der Waals surface area contributed by atoms with E-state index in [0.29, 0.717) is 25.9 Å². The van der Waals surface area contributed by atoms with E-state index in [1.54, 1.807) is 0 Å². The lowest BCUT2D eigenvalue weighted by atomic mass is 10.6. The van der Waals surface area contributed by atoms with Gasteiger partial charge in [0.05, 0.1) is 12.7 Å². The first-order valence-corrected chi connectivity index (χ1v) is 7.78. The number of rotatable bonds is 10. The van der Waals surface area contributed by atoms with Crippen LogP contribution in [0.25, 0.3) is 0 Å². The summed E-state index contributed by atoms with van der Waals surface area (Å²) < 4.78 is 21.7. The summed E-state index contributed by atoms with van der Waals surface area (Å²) in [4.78, 5) is 10.9. The molecule has 0 aliphatic carbocycles. The van der Waals surface area contributed by atoms with Gasteiger partial charge in [0, 0.05) is 25.9 Å². The molecule has 0 bridgehead atoms. The van der Waals surface area contributed by atoms with E-state index in [1.165, 1.54) is 0 Å². The molecule has 0 unspecified atom stereocenters. The maximum Gasteiger partial charge on any atom is 0.504 e. The highest BCUT2D eigenvalue weighted by Gasteiger charge is 2.40. The van der Waals surface area contributed by atoms with Gasteiger partial charge in [0.1, 0.15) is 0 Å². The molecule has 0 aromatic rings. The maximum atomic E-state index is 10.9. The van der Waals surface area contributed by atoms with Crippen LogP contribution in [0.15, 0.2) is 12.7 Å². The topological polar surface area (TPSA) is 54.0 Å². The van der Waals surface area contributed by atoms with Gasteiger partial charge in [0.15, 0.2) is 0 Å².